The molecule has 8 heteroatoms. The minimum atomic E-state index is -0.764. The normalized spacial score (nSPS) is 12.8. The van der Waals surface area contributed by atoms with Crippen LogP contribution in [0.15, 0.2) is 18.3 Å². The van der Waals surface area contributed by atoms with Gasteiger partial charge in [-0.25, -0.2) is 4.98 Å². The summed E-state index contributed by atoms with van der Waals surface area (Å²) in [5, 5.41) is 17.0. The highest BCUT2D eigenvalue weighted by molar-refractivity contribution is 5.67. The molecule has 0 fully saturated rings. The molecule has 0 bridgehead atoms. The molecule has 2 rings (SSSR count). The lowest BCUT2D eigenvalue weighted by atomic mass is 10.1. The molecule has 0 saturated heterocycles. The number of carbonyl (C=O) groups excluding carboxylic acids is 1. The molecule has 21 heavy (non-hydrogen) atoms. The van der Waals surface area contributed by atoms with Gasteiger partial charge in [-0.1, -0.05) is 5.21 Å². The molecule has 2 N–H and O–H groups in total. The maximum absolute atomic E-state index is 11.4. The molecule has 0 saturated carbocycles. The van der Waals surface area contributed by atoms with Crippen molar-refractivity contribution in [3.63, 3.8) is 0 Å². The van der Waals surface area contributed by atoms with E-state index in [1.165, 1.54) is 6.92 Å². The fraction of sp³-hybridized carbons (Fsp3) is 0.462. The van der Waals surface area contributed by atoms with Gasteiger partial charge in [-0.15, -0.1) is 10.2 Å². The van der Waals surface area contributed by atoms with Gasteiger partial charge in [0.05, 0.1) is 0 Å². The Kier molecular flexibility index (Phi) is 4.15. The van der Waals surface area contributed by atoms with Crippen molar-refractivity contribution >= 4 is 11.8 Å². The first-order valence-corrected chi connectivity index (χ1v) is 6.50. The van der Waals surface area contributed by atoms with Crippen LogP contribution < -0.4 is 5.32 Å². The van der Waals surface area contributed by atoms with Crippen LogP contribution in [0.3, 0.4) is 0 Å². The molecule has 0 amide bonds. The maximum atomic E-state index is 11.4. The Morgan fingerprint density at radius 1 is 1.43 bits per heavy atom. The van der Waals surface area contributed by atoms with Crippen molar-refractivity contribution in [3.8, 4) is 0 Å². The van der Waals surface area contributed by atoms with Crippen LogP contribution in [0.4, 0.5) is 5.82 Å². The van der Waals surface area contributed by atoms with Crippen LogP contribution in [0.2, 0.25) is 0 Å². The third-order valence-electron chi connectivity index (χ3n) is 2.49. The van der Waals surface area contributed by atoms with E-state index in [0.717, 1.165) is 0 Å². The number of anilines is 1. The highest BCUT2D eigenvalue weighted by Gasteiger charge is 2.26. The van der Waals surface area contributed by atoms with E-state index in [2.05, 4.69) is 30.9 Å². The van der Waals surface area contributed by atoms with E-state index in [4.69, 9.17) is 4.74 Å². The van der Waals surface area contributed by atoms with Gasteiger partial charge in [0.15, 0.2) is 6.10 Å². The van der Waals surface area contributed by atoms with Gasteiger partial charge < -0.3 is 10.1 Å². The number of esters is 1. The Balaban J connectivity index is 2.43. The van der Waals surface area contributed by atoms with E-state index in [9.17, 15) is 4.79 Å². The molecule has 0 aliphatic rings. The largest absolute Gasteiger partial charge is 0.449 e. The Bertz CT molecular complexity index is 605. The second-order valence-electron chi connectivity index (χ2n) is 5.58. The minimum absolute atomic E-state index is 0.193. The zero-order valence-electron chi connectivity index (χ0n) is 12.4. The van der Waals surface area contributed by atoms with Gasteiger partial charge in [0, 0.05) is 24.2 Å². The number of aromatic amines is 1. The summed E-state index contributed by atoms with van der Waals surface area (Å²) in [4.78, 5) is 15.7. The summed E-state index contributed by atoms with van der Waals surface area (Å²) in [7, 11) is 0. The van der Waals surface area contributed by atoms with Crippen molar-refractivity contribution in [3.05, 3.63) is 29.7 Å². The predicted molar refractivity (Wildman–Crippen MR) is 75.4 cm³/mol. The molecule has 0 aromatic carbocycles. The summed E-state index contributed by atoms with van der Waals surface area (Å²) in [6.45, 7) is 7.38. The fourth-order valence-corrected chi connectivity index (χ4v) is 1.79. The molecule has 2 heterocycles. The third-order valence-corrected chi connectivity index (χ3v) is 2.49. The van der Waals surface area contributed by atoms with Crippen LogP contribution in [-0.4, -0.2) is 37.1 Å². The van der Waals surface area contributed by atoms with Gasteiger partial charge in [-0.2, -0.15) is 5.21 Å². The number of aromatic nitrogens is 5. The SMILES string of the molecule is CC(=O)OC(c1nn[nH]n1)c1cccnc1NC(C)(C)C. The quantitative estimate of drug-likeness (QED) is 0.821. The lowest BCUT2D eigenvalue weighted by molar-refractivity contribution is -0.145. The number of nitrogens with zero attached hydrogens (tertiary/aromatic N) is 4. The average Bonchev–Trinajstić information content (AvgIpc) is 2.88. The molecule has 2 aromatic heterocycles. The van der Waals surface area contributed by atoms with Crippen molar-refractivity contribution in [2.24, 2.45) is 0 Å². The first-order chi connectivity index (χ1) is 9.87. The molecule has 2 aromatic rings. The molecular formula is C13H18N6O2. The lowest BCUT2D eigenvalue weighted by Gasteiger charge is -2.24. The topological polar surface area (TPSA) is 106 Å². The fourth-order valence-electron chi connectivity index (χ4n) is 1.79. The molecule has 0 aliphatic carbocycles. The van der Waals surface area contributed by atoms with Crippen LogP contribution in [0.25, 0.3) is 0 Å². The summed E-state index contributed by atoms with van der Waals surface area (Å²) in [5.41, 5.74) is 0.477. The smallest absolute Gasteiger partial charge is 0.303 e. The second kappa shape index (κ2) is 5.86. The summed E-state index contributed by atoms with van der Waals surface area (Å²) in [6.07, 6.45) is 0.901. The zero-order chi connectivity index (χ0) is 15.5. The molecule has 0 radical (unpaired) electrons. The Labute approximate surface area is 122 Å². The van der Waals surface area contributed by atoms with Crippen LogP contribution in [-0.2, 0) is 9.53 Å². The van der Waals surface area contributed by atoms with Gasteiger partial charge in [0.25, 0.3) is 0 Å². The van der Waals surface area contributed by atoms with E-state index < -0.39 is 12.1 Å². The van der Waals surface area contributed by atoms with Gasteiger partial charge in [-0.05, 0) is 32.9 Å². The second-order valence-corrected chi connectivity index (χ2v) is 5.58. The summed E-state index contributed by atoms with van der Waals surface area (Å²) in [5.74, 6) is 0.451. The van der Waals surface area contributed by atoms with Crippen LogP contribution in [0, 0.1) is 0 Å². The number of rotatable bonds is 4. The Hall–Kier alpha value is -2.51. The number of H-pyrrole nitrogens is 1. The number of pyridine rings is 1. The molecule has 1 unspecified atom stereocenters. The Morgan fingerprint density at radius 3 is 2.76 bits per heavy atom. The summed E-state index contributed by atoms with van der Waals surface area (Å²) < 4.78 is 5.33. The average molecular weight is 290 g/mol. The zero-order valence-corrected chi connectivity index (χ0v) is 12.4. The molecular weight excluding hydrogens is 272 g/mol. The van der Waals surface area contributed by atoms with Crippen LogP contribution in [0.5, 0.6) is 0 Å². The van der Waals surface area contributed by atoms with Crippen molar-refractivity contribution in [2.75, 3.05) is 5.32 Å². The van der Waals surface area contributed by atoms with Crippen molar-refractivity contribution in [2.45, 2.75) is 39.3 Å². The summed E-state index contributed by atoms with van der Waals surface area (Å²) in [6, 6.07) is 3.57. The van der Waals surface area contributed by atoms with E-state index in [1.807, 2.05) is 26.8 Å². The molecule has 0 spiro atoms. The van der Waals surface area contributed by atoms with Crippen molar-refractivity contribution in [1.82, 2.24) is 25.6 Å². The van der Waals surface area contributed by atoms with Gasteiger partial charge in [-0.3, -0.25) is 4.79 Å². The molecule has 112 valence electrons. The van der Waals surface area contributed by atoms with Crippen molar-refractivity contribution in [1.29, 1.82) is 0 Å². The number of hydrogen-bond donors (Lipinski definition) is 2. The molecule has 0 aliphatic heterocycles. The third kappa shape index (κ3) is 3.98. The number of ether oxygens (including phenoxy) is 1. The van der Waals surface area contributed by atoms with Gasteiger partial charge in [0.1, 0.15) is 5.82 Å². The first kappa shape index (κ1) is 14.9. The lowest BCUT2D eigenvalue weighted by Crippen LogP contribution is -2.28. The number of carbonyl (C=O) groups is 1. The highest BCUT2D eigenvalue weighted by atomic mass is 16.5. The van der Waals surface area contributed by atoms with Crippen LogP contribution >= 0.6 is 0 Å². The predicted octanol–water partition coefficient (Wildman–Crippen LogP) is 1.46. The maximum Gasteiger partial charge on any atom is 0.303 e. The minimum Gasteiger partial charge on any atom is -0.449 e. The highest BCUT2D eigenvalue weighted by Crippen LogP contribution is 2.29. The molecule has 1 atom stereocenters. The van der Waals surface area contributed by atoms with Crippen LogP contribution in [0.1, 0.15) is 45.2 Å². The van der Waals surface area contributed by atoms with Gasteiger partial charge >= 0.3 is 5.97 Å². The number of nitrogens with one attached hydrogen (secondary N) is 2. The number of tetrazole rings is 1. The Morgan fingerprint density at radius 2 is 2.19 bits per heavy atom. The van der Waals surface area contributed by atoms with E-state index >= 15 is 0 Å². The van der Waals surface area contributed by atoms with E-state index in [0.29, 0.717) is 11.4 Å². The first-order valence-electron chi connectivity index (χ1n) is 6.50. The van der Waals surface area contributed by atoms with E-state index in [1.54, 1.807) is 12.3 Å². The van der Waals surface area contributed by atoms with Gasteiger partial charge in [0.2, 0.25) is 5.82 Å². The summed E-state index contributed by atoms with van der Waals surface area (Å²) >= 11 is 0. The van der Waals surface area contributed by atoms with Crippen molar-refractivity contribution < 1.29 is 9.53 Å². The monoisotopic (exact) mass is 290 g/mol. The molecule has 8 nitrogen and oxygen atoms in total. The number of hydrogen-bond acceptors (Lipinski definition) is 7. The van der Waals surface area contributed by atoms with E-state index in [-0.39, 0.29) is 11.4 Å². The standard InChI is InChI=1S/C13H18N6O2/c1-8(20)21-10(12-16-18-19-17-12)9-6-5-7-14-11(9)15-13(2,3)4/h5-7,10H,1-4H3,(H,14,15)(H,16,17,18,19).